The Kier molecular flexibility index (Phi) is 5.54. The summed E-state index contributed by atoms with van der Waals surface area (Å²) in [6.07, 6.45) is -4.41. The molecule has 0 spiro atoms. The van der Waals surface area contributed by atoms with Crippen molar-refractivity contribution in [1.82, 2.24) is 0 Å². The van der Waals surface area contributed by atoms with Crippen LogP contribution in [0.3, 0.4) is 0 Å². The van der Waals surface area contributed by atoms with Crippen molar-refractivity contribution in [3.63, 3.8) is 0 Å². The van der Waals surface area contributed by atoms with E-state index in [1.54, 1.807) is 18.2 Å². The van der Waals surface area contributed by atoms with Crippen LogP contribution in [0.15, 0.2) is 46.9 Å². The van der Waals surface area contributed by atoms with Crippen LogP contribution in [0.1, 0.15) is 5.56 Å². The van der Waals surface area contributed by atoms with Crippen molar-refractivity contribution in [2.24, 2.45) is 0 Å². The van der Waals surface area contributed by atoms with E-state index in [-0.39, 0.29) is 12.3 Å². The summed E-state index contributed by atoms with van der Waals surface area (Å²) in [6.45, 7) is -0.290. The van der Waals surface area contributed by atoms with E-state index in [1.165, 1.54) is 12.1 Å². The number of halogens is 5. The molecule has 1 N–H and O–H groups in total. The summed E-state index contributed by atoms with van der Waals surface area (Å²) in [4.78, 5) is 11.7. The quantitative estimate of drug-likeness (QED) is 0.761. The second-order valence-electron chi connectivity index (χ2n) is 4.49. The van der Waals surface area contributed by atoms with Crippen LogP contribution in [-0.2, 0) is 11.0 Å². The SMILES string of the molecule is O=C(COc1ccc(Cl)cc1Br)Nc1ccc(C(F)(F)F)cc1. The van der Waals surface area contributed by atoms with Gasteiger partial charge in [-0.25, -0.2) is 0 Å². The lowest BCUT2D eigenvalue weighted by molar-refractivity contribution is -0.137. The fourth-order valence-electron chi connectivity index (χ4n) is 1.68. The average molecular weight is 409 g/mol. The molecular weight excluding hydrogens is 399 g/mol. The monoisotopic (exact) mass is 407 g/mol. The Balaban J connectivity index is 1.92. The molecule has 2 aromatic rings. The molecule has 0 radical (unpaired) electrons. The van der Waals surface area contributed by atoms with E-state index < -0.39 is 17.6 Å². The van der Waals surface area contributed by atoms with Crippen molar-refractivity contribution in [3.05, 3.63) is 57.5 Å². The highest BCUT2D eigenvalue weighted by Crippen LogP contribution is 2.30. The van der Waals surface area contributed by atoms with Gasteiger partial charge in [0.25, 0.3) is 5.91 Å². The lowest BCUT2D eigenvalue weighted by Gasteiger charge is -2.10. The topological polar surface area (TPSA) is 38.3 Å². The van der Waals surface area contributed by atoms with Gasteiger partial charge in [-0.15, -0.1) is 0 Å². The van der Waals surface area contributed by atoms with Crippen LogP contribution in [0.4, 0.5) is 18.9 Å². The van der Waals surface area contributed by atoms with Gasteiger partial charge in [0.1, 0.15) is 5.75 Å². The third kappa shape index (κ3) is 5.14. The van der Waals surface area contributed by atoms with E-state index in [9.17, 15) is 18.0 Å². The van der Waals surface area contributed by atoms with Crippen LogP contribution in [-0.4, -0.2) is 12.5 Å². The molecule has 122 valence electrons. The van der Waals surface area contributed by atoms with Crippen molar-refractivity contribution in [2.75, 3.05) is 11.9 Å². The van der Waals surface area contributed by atoms with Gasteiger partial charge in [-0.1, -0.05) is 11.6 Å². The first-order chi connectivity index (χ1) is 10.8. The lowest BCUT2D eigenvalue weighted by Crippen LogP contribution is -2.20. The number of alkyl halides is 3. The largest absolute Gasteiger partial charge is 0.483 e. The number of hydrogen-bond acceptors (Lipinski definition) is 2. The van der Waals surface area contributed by atoms with Gasteiger partial charge in [0, 0.05) is 10.7 Å². The van der Waals surface area contributed by atoms with Crippen molar-refractivity contribution in [1.29, 1.82) is 0 Å². The van der Waals surface area contributed by atoms with Crippen LogP contribution < -0.4 is 10.1 Å². The van der Waals surface area contributed by atoms with Gasteiger partial charge in [-0.05, 0) is 58.4 Å². The molecule has 3 nitrogen and oxygen atoms in total. The van der Waals surface area contributed by atoms with Crippen LogP contribution in [0.5, 0.6) is 5.75 Å². The third-order valence-corrected chi connectivity index (χ3v) is 3.60. The molecule has 0 saturated heterocycles. The summed E-state index contributed by atoms with van der Waals surface area (Å²) in [5, 5.41) is 2.96. The second-order valence-corrected chi connectivity index (χ2v) is 5.78. The van der Waals surface area contributed by atoms with Crippen LogP contribution >= 0.6 is 27.5 Å². The van der Waals surface area contributed by atoms with Crippen molar-refractivity contribution >= 4 is 39.1 Å². The molecule has 8 heteroatoms. The Labute approximate surface area is 143 Å². The zero-order chi connectivity index (χ0) is 17.0. The smallest absolute Gasteiger partial charge is 0.416 e. The average Bonchev–Trinajstić information content (AvgIpc) is 2.46. The Morgan fingerprint density at radius 2 is 1.83 bits per heavy atom. The van der Waals surface area contributed by atoms with Gasteiger partial charge in [0.15, 0.2) is 6.61 Å². The minimum absolute atomic E-state index is 0.252. The van der Waals surface area contributed by atoms with Gasteiger partial charge >= 0.3 is 6.18 Å². The Bertz CT molecular complexity index is 705. The minimum Gasteiger partial charge on any atom is -0.483 e. The first kappa shape index (κ1) is 17.6. The number of carbonyl (C=O) groups excluding carboxylic acids is 1. The molecule has 0 aliphatic rings. The number of hydrogen-bond donors (Lipinski definition) is 1. The maximum atomic E-state index is 12.4. The molecule has 0 atom stereocenters. The van der Waals surface area contributed by atoms with Gasteiger partial charge in [0.2, 0.25) is 0 Å². The molecule has 1 amide bonds. The third-order valence-electron chi connectivity index (χ3n) is 2.75. The molecule has 0 aliphatic heterocycles. The van der Waals surface area contributed by atoms with E-state index in [1.807, 2.05) is 0 Å². The number of carbonyl (C=O) groups is 1. The molecule has 2 aromatic carbocycles. The normalized spacial score (nSPS) is 11.2. The fourth-order valence-corrected chi connectivity index (χ4v) is 2.47. The molecule has 0 saturated carbocycles. The summed E-state index contributed by atoms with van der Waals surface area (Å²) in [6, 6.07) is 8.97. The minimum atomic E-state index is -4.41. The summed E-state index contributed by atoms with van der Waals surface area (Å²) < 4.78 is 43.2. The zero-order valence-electron chi connectivity index (χ0n) is 11.5. The standard InChI is InChI=1S/C15H10BrClF3NO2/c16-12-7-10(17)3-6-13(12)23-8-14(22)21-11-4-1-9(2-5-11)15(18,19)20/h1-7H,8H2,(H,21,22). The van der Waals surface area contributed by atoms with Crippen molar-refractivity contribution in [3.8, 4) is 5.75 Å². The first-order valence-electron chi connectivity index (χ1n) is 6.30. The maximum absolute atomic E-state index is 12.4. The number of amides is 1. The van der Waals surface area contributed by atoms with E-state index in [0.29, 0.717) is 15.2 Å². The fraction of sp³-hybridized carbons (Fsp3) is 0.133. The van der Waals surface area contributed by atoms with Gasteiger partial charge in [0.05, 0.1) is 10.0 Å². The van der Waals surface area contributed by atoms with Crippen LogP contribution in [0.25, 0.3) is 0 Å². The lowest BCUT2D eigenvalue weighted by atomic mass is 10.2. The predicted molar refractivity (Wildman–Crippen MR) is 84.7 cm³/mol. The van der Waals surface area contributed by atoms with E-state index in [4.69, 9.17) is 16.3 Å². The molecule has 23 heavy (non-hydrogen) atoms. The number of anilines is 1. The van der Waals surface area contributed by atoms with Gasteiger partial charge in [-0.3, -0.25) is 4.79 Å². The molecule has 0 bridgehead atoms. The Morgan fingerprint density at radius 1 is 1.17 bits per heavy atom. The summed E-state index contributed by atoms with van der Waals surface area (Å²) in [7, 11) is 0. The number of nitrogens with one attached hydrogen (secondary N) is 1. The highest BCUT2D eigenvalue weighted by Gasteiger charge is 2.29. The van der Waals surface area contributed by atoms with Crippen molar-refractivity contribution < 1.29 is 22.7 Å². The molecule has 2 rings (SSSR count). The first-order valence-corrected chi connectivity index (χ1v) is 7.48. The molecule has 0 aromatic heterocycles. The Morgan fingerprint density at radius 3 is 2.39 bits per heavy atom. The summed E-state index contributed by atoms with van der Waals surface area (Å²) in [5.74, 6) is -0.0661. The predicted octanol–water partition coefficient (Wildman–Crippen LogP) is 5.14. The molecule has 0 heterocycles. The molecule has 0 aliphatic carbocycles. The number of benzene rings is 2. The van der Waals surface area contributed by atoms with Crippen molar-refractivity contribution in [2.45, 2.75) is 6.18 Å². The highest BCUT2D eigenvalue weighted by molar-refractivity contribution is 9.10. The van der Waals surface area contributed by atoms with E-state index >= 15 is 0 Å². The summed E-state index contributed by atoms with van der Waals surface area (Å²) in [5.41, 5.74) is -0.529. The van der Waals surface area contributed by atoms with Crippen LogP contribution in [0, 0.1) is 0 Å². The van der Waals surface area contributed by atoms with Gasteiger partial charge < -0.3 is 10.1 Å². The number of rotatable bonds is 4. The number of ether oxygens (including phenoxy) is 1. The van der Waals surface area contributed by atoms with E-state index in [0.717, 1.165) is 12.1 Å². The van der Waals surface area contributed by atoms with Gasteiger partial charge in [-0.2, -0.15) is 13.2 Å². The summed E-state index contributed by atoms with van der Waals surface area (Å²) >= 11 is 9.03. The molecule has 0 fully saturated rings. The maximum Gasteiger partial charge on any atom is 0.416 e. The second kappa shape index (κ2) is 7.23. The molecular formula is C15H10BrClF3NO2. The highest BCUT2D eigenvalue weighted by atomic mass is 79.9. The Hall–Kier alpha value is -1.73. The van der Waals surface area contributed by atoms with E-state index in [2.05, 4.69) is 21.2 Å². The van der Waals surface area contributed by atoms with Crippen LogP contribution in [0.2, 0.25) is 5.02 Å². The molecule has 0 unspecified atom stereocenters. The zero-order valence-corrected chi connectivity index (χ0v) is 13.8.